The van der Waals surface area contributed by atoms with E-state index in [0.717, 1.165) is 54.5 Å². The largest absolute Gasteiger partial charge is 0.342 e. The number of aromatic nitrogens is 4. The Bertz CT molecular complexity index is 1240. The molecular weight excluding hydrogens is 450 g/mol. The number of hydrogen-bond donors (Lipinski definition) is 0. The second-order valence-electron chi connectivity index (χ2n) is 8.38. The predicted molar refractivity (Wildman–Crippen MR) is 135 cm³/mol. The van der Waals surface area contributed by atoms with Gasteiger partial charge in [-0.25, -0.2) is 4.98 Å². The number of fused-ring (bicyclic) bond motifs is 1. The summed E-state index contributed by atoms with van der Waals surface area (Å²) in [6, 6.07) is 16.6. The summed E-state index contributed by atoms with van der Waals surface area (Å²) in [5.74, 6) is 1.86. The van der Waals surface area contributed by atoms with Gasteiger partial charge in [-0.1, -0.05) is 47.7 Å². The van der Waals surface area contributed by atoms with Crippen molar-refractivity contribution in [2.24, 2.45) is 0 Å². The monoisotopic (exact) mass is 477 g/mol. The quantitative estimate of drug-likeness (QED) is 0.349. The summed E-state index contributed by atoms with van der Waals surface area (Å²) in [5.41, 5.74) is 3.33. The molecule has 1 aliphatic heterocycles. The maximum absolute atomic E-state index is 12.9. The van der Waals surface area contributed by atoms with Crippen molar-refractivity contribution in [1.29, 1.82) is 0 Å². The molecule has 0 saturated carbocycles. The van der Waals surface area contributed by atoms with Crippen LogP contribution < -0.4 is 0 Å². The molecule has 2 aromatic carbocycles. The van der Waals surface area contributed by atoms with Crippen molar-refractivity contribution in [3.8, 4) is 11.4 Å². The molecule has 5 rings (SSSR count). The highest BCUT2D eigenvalue weighted by Crippen LogP contribution is 2.34. The first-order valence-corrected chi connectivity index (χ1v) is 13.2. The highest BCUT2D eigenvalue weighted by molar-refractivity contribution is 7.99. The molecular formula is C25H27N5OS2. The molecule has 0 aliphatic carbocycles. The van der Waals surface area contributed by atoms with Gasteiger partial charge in [0, 0.05) is 31.1 Å². The van der Waals surface area contributed by atoms with Crippen molar-refractivity contribution in [3.05, 3.63) is 59.1 Å². The number of thioether (sulfide) groups is 1. The minimum atomic E-state index is 0.172. The van der Waals surface area contributed by atoms with Crippen LogP contribution in [0.2, 0.25) is 0 Å². The van der Waals surface area contributed by atoms with Gasteiger partial charge in [0.15, 0.2) is 11.0 Å². The van der Waals surface area contributed by atoms with Gasteiger partial charge in [0.1, 0.15) is 0 Å². The number of carbonyl (C=O) groups excluding carboxylic acids is 1. The molecule has 3 heterocycles. The predicted octanol–water partition coefficient (Wildman–Crippen LogP) is 5.38. The van der Waals surface area contributed by atoms with Crippen LogP contribution in [0.4, 0.5) is 0 Å². The number of amides is 1. The molecule has 8 heteroatoms. The lowest BCUT2D eigenvalue weighted by molar-refractivity contribution is -0.129. The summed E-state index contributed by atoms with van der Waals surface area (Å²) in [7, 11) is 0. The lowest BCUT2D eigenvalue weighted by Crippen LogP contribution is -2.39. The average Bonchev–Trinajstić information content (AvgIpc) is 3.46. The number of carbonyl (C=O) groups is 1. The van der Waals surface area contributed by atoms with E-state index in [0.29, 0.717) is 11.7 Å². The van der Waals surface area contributed by atoms with Crippen LogP contribution in [0, 0.1) is 6.92 Å². The van der Waals surface area contributed by atoms with E-state index in [-0.39, 0.29) is 5.91 Å². The van der Waals surface area contributed by atoms with Gasteiger partial charge < -0.3 is 9.47 Å². The third-order valence-electron chi connectivity index (χ3n) is 6.14. The zero-order valence-corrected chi connectivity index (χ0v) is 20.5. The Morgan fingerprint density at radius 3 is 2.70 bits per heavy atom. The molecule has 33 heavy (non-hydrogen) atoms. The van der Waals surface area contributed by atoms with E-state index in [1.807, 2.05) is 17.0 Å². The zero-order valence-electron chi connectivity index (χ0n) is 18.9. The zero-order chi connectivity index (χ0) is 22.8. The fraction of sp³-hybridized carbons (Fsp3) is 0.360. The number of para-hydroxylation sites is 1. The fourth-order valence-corrected chi connectivity index (χ4v) is 6.38. The molecule has 1 fully saturated rings. The summed E-state index contributed by atoms with van der Waals surface area (Å²) in [5, 5.41) is 10.8. The molecule has 1 amide bonds. The number of piperidine rings is 1. The standard InChI is InChI=1S/C25H27N5OS2/c1-3-30-23(19-8-6-7-17(2)15-19)27-28-25(30)32-16-22(31)29-13-11-18(12-14-29)24-26-20-9-4-5-10-21(20)33-24/h4-10,15,18H,3,11-14,16H2,1-2H3. The van der Waals surface area contributed by atoms with E-state index in [2.05, 4.69) is 65.0 Å². The topological polar surface area (TPSA) is 63.9 Å². The van der Waals surface area contributed by atoms with Gasteiger partial charge in [-0.2, -0.15) is 0 Å². The van der Waals surface area contributed by atoms with Crippen LogP contribution in [-0.2, 0) is 11.3 Å². The molecule has 2 aromatic heterocycles. The van der Waals surface area contributed by atoms with E-state index in [1.54, 1.807) is 11.3 Å². The summed E-state index contributed by atoms with van der Waals surface area (Å²) in [4.78, 5) is 19.7. The molecule has 0 N–H and O–H groups in total. The second-order valence-corrected chi connectivity index (χ2v) is 10.4. The van der Waals surface area contributed by atoms with Crippen LogP contribution in [0.15, 0.2) is 53.7 Å². The van der Waals surface area contributed by atoms with E-state index in [4.69, 9.17) is 4.98 Å². The summed E-state index contributed by atoms with van der Waals surface area (Å²) < 4.78 is 3.33. The Labute approximate surface area is 202 Å². The second kappa shape index (κ2) is 9.65. The number of aryl methyl sites for hydroxylation is 1. The van der Waals surface area contributed by atoms with Crippen LogP contribution in [-0.4, -0.2) is 49.4 Å². The number of likely N-dealkylation sites (tertiary alicyclic amines) is 1. The Balaban J connectivity index is 1.19. The van der Waals surface area contributed by atoms with E-state index in [9.17, 15) is 4.79 Å². The first kappa shape index (κ1) is 22.1. The molecule has 0 unspecified atom stereocenters. The maximum Gasteiger partial charge on any atom is 0.233 e. The molecule has 0 spiro atoms. The van der Waals surface area contributed by atoms with Gasteiger partial charge in [-0.3, -0.25) is 4.79 Å². The molecule has 0 atom stereocenters. The van der Waals surface area contributed by atoms with Gasteiger partial charge >= 0.3 is 0 Å². The highest BCUT2D eigenvalue weighted by atomic mass is 32.2. The van der Waals surface area contributed by atoms with Crippen molar-refractivity contribution in [3.63, 3.8) is 0 Å². The Hall–Kier alpha value is -2.71. The normalized spacial score (nSPS) is 14.8. The molecule has 4 aromatic rings. The third kappa shape index (κ3) is 4.68. The molecule has 0 radical (unpaired) electrons. The van der Waals surface area contributed by atoms with Crippen LogP contribution in [0.25, 0.3) is 21.6 Å². The number of rotatable bonds is 6. The first-order chi connectivity index (χ1) is 16.1. The summed E-state index contributed by atoms with van der Waals surface area (Å²) >= 11 is 3.27. The lowest BCUT2D eigenvalue weighted by Gasteiger charge is -2.31. The lowest BCUT2D eigenvalue weighted by atomic mass is 9.97. The minimum absolute atomic E-state index is 0.172. The van der Waals surface area contributed by atoms with Crippen molar-refractivity contribution in [1.82, 2.24) is 24.6 Å². The van der Waals surface area contributed by atoms with Crippen LogP contribution in [0.5, 0.6) is 0 Å². The van der Waals surface area contributed by atoms with Gasteiger partial charge in [-0.05, 0) is 44.9 Å². The fourth-order valence-electron chi connectivity index (χ4n) is 4.34. The van der Waals surface area contributed by atoms with Crippen molar-refractivity contribution < 1.29 is 4.79 Å². The SMILES string of the molecule is CCn1c(SCC(=O)N2CCC(c3nc4ccccc4s3)CC2)nnc1-c1cccc(C)c1. The van der Waals surface area contributed by atoms with Crippen molar-refractivity contribution in [2.75, 3.05) is 18.8 Å². The smallest absolute Gasteiger partial charge is 0.233 e. The van der Waals surface area contributed by atoms with Gasteiger partial charge in [0.05, 0.1) is 21.0 Å². The Morgan fingerprint density at radius 1 is 1.12 bits per heavy atom. The minimum Gasteiger partial charge on any atom is -0.342 e. The van der Waals surface area contributed by atoms with Crippen molar-refractivity contribution >= 4 is 39.2 Å². The molecule has 170 valence electrons. The van der Waals surface area contributed by atoms with Crippen LogP contribution in [0.3, 0.4) is 0 Å². The molecule has 1 aliphatic rings. The third-order valence-corrected chi connectivity index (χ3v) is 8.29. The Kier molecular flexibility index (Phi) is 6.46. The van der Waals surface area contributed by atoms with Gasteiger partial charge in [0.2, 0.25) is 5.91 Å². The molecule has 0 bridgehead atoms. The van der Waals surface area contributed by atoms with E-state index in [1.165, 1.54) is 27.0 Å². The van der Waals surface area contributed by atoms with Crippen molar-refractivity contribution in [2.45, 2.75) is 44.3 Å². The molecule has 1 saturated heterocycles. The average molecular weight is 478 g/mol. The maximum atomic E-state index is 12.9. The summed E-state index contributed by atoms with van der Waals surface area (Å²) in [6.45, 7) is 6.50. The number of thiazole rings is 1. The summed E-state index contributed by atoms with van der Waals surface area (Å²) in [6.07, 6.45) is 1.94. The van der Waals surface area contributed by atoms with E-state index < -0.39 is 0 Å². The van der Waals surface area contributed by atoms with Gasteiger partial charge in [0.25, 0.3) is 0 Å². The number of benzene rings is 2. The number of nitrogens with zero attached hydrogens (tertiary/aromatic N) is 5. The van der Waals surface area contributed by atoms with Gasteiger partial charge in [-0.15, -0.1) is 21.5 Å². The van der Waals surface area contributed by atoms with E-state index >= 15 is 0 Å². The Morgan fingerprint density at radius 2 is 1.94 bits per heavy atom. The van der Waals surface area contributed by atoms with Crippen LogP contribution in [0.1, 0.15) is 36.3 Å². The highest BCUT2D eigenvalue weighted by Gasteiger charge is 2.26. The molecule has 6 nitrogen and oxygen atoms in total. The van der Waals surface area contributed by atoms with Crippen LogP contribution >= 0.6 is 23.1 Å². The number of hydrogen-bond acceptors (Lipinski definition) is 6. The first-order valence-electron chi connectivity index (χ1n) is 11.4.